The first-order valence-electron chi connectivity index (χ1n) is 7.87. The molecule has 0 spiro atoms. The van der Waals surface area contributed by atoms with Crippen molar-refractivity contribution in [3.8, 4) is 0 Å². The number of para-hydroxylation sites is 2. The van der Waals surface area contributed by atoms with Crippen LogP contribution in [-0.2, 0) is 4.74 Å². The number of aromatic amines is 1. The lowest BCUT2D eigenvalue weighted by Gasteiger charge is -2.26. The third-order valence-electron chi connectivity index (χ3n) is 4.08. The molecule has 0 unspecified atom stereocenters. The van der Waals surface area contributed by atoms with Gasteiger partial charge in [-0.2, -0.15) is 0 Å². The van der Waals surface area contributed by atoms with Crippen molar-refractivity contribution in [3.05, 3.63) is 24.3 Å². The summed E-state index contributed by atoms with van der Waals surface area (Å²) >= 11 is 0. The largest absolute Gasteiger partial charge is 0.378 e. The first-order chi connectivity index (χ1) is 10.3. The molecule has 0 bridgehead atoms. The number of aromatic nitrogens is 2. The van der Waals surface area contributed by atoms with Crippen LogP contribution in [0.25, 0.3) is 11.0 Å². The van der Waals surface area contributed by atoms with Crippen LogP contribution in [0, 0.1) is 0 Å². The highest BCUT2D eigenvalue weighted by molar-refractivity contribution is 5.77. The Hall–Kier alpha value is -1.59. The first-order valence-corrected chi connectivity index (χ1v) is 7.87. The fraction of sp³-hybridized carbons (Fsp3) is 0.562. The van der Waals surface area contributed by atoms with E-state index >= 15 is 0 Å². The summed E-state index contributed by atoms with van der Waals surface area (Å²) in [6.07, 6.45) is 5.82. The van der Waals surface area contributed by atoms with Crippen molar-refractivity contribution in [3.63, 3.8) is 0 Å². The molecule has 5 heteroatoms. The molecule has 1 saturated carbocycles. The minimum atomic E-state index is 0.389. The summed E-state index contributed by atoms with van der Waals surface area (Å²) in [5.74, 6) is 0.833. The second-order valence-electron chi connectivity index (χ2n) is 5.79. The molecule has 1 heterocycles. The summed E-state index contributed by atoms with van der Waals surface area (Å²) in [6, 6.07) is 8.43. The average Bonchev–Trinajstić information content (AvgIpc) is 2.91. The molecule has 0 aliphatic heterocycles. The number of rotatable bonds is 6. The van der Waals surface area contributed by atoms with Crippen molar-refractivity contribution in [1.82, 2.24) is 9.97 Å². The lowest BCUT2D eigenvalue weighted by atomic mass is 9.94. The maximum atomic E-state index is 5.90. The fourth-order valence-corrected chi connectivity index (χ4v) is 2.82. The van der Waals surface area contributed by atoms with E-state index in [0.717, 1.165) is 62.2 Å². The molecule has 0 atom stereocenters. The molecule has 1 aromatic carbocycles. The minimum Gasteiger partial charge on any atom is -0.378 e. The number of nitrogens with zero attached hydrogens (tertiary/aromatic N) is 1. The van der Waals surface area contributed by atoms with Gasteiger partial charge < -0.3 is 20.8 Å². The summed E-state index contributed by atoms with van der Waals surface area (Å²) in [6.45, 7) is 1.67. The Balaban J connectivity index is 1.34. The van der Waals surface area contributed by atoms with Crippen molar-refractivity contribution < 1.29 is 4.74 Å². The zero-order valence-corrected chi connectivity index (χ0v) is 12.3. The van der Waals surface area contributed by atoms with Gasteiger partial charge >= 0.3 is 0 Å². The summed E-state index contributed by atoms with van der Waals surface area (Å²) < 4.78 is 5.90. The van der Waals surface area contributed by atoms with Gasteiger partial charge in [0, 0.05) is 19.2 Å². The Morgan fingerprint density at radius 1 is 1.24 bits per heavy atom. The second-order valence-corrected chi connectivity index (χ2v) is 5.79. The number of ether oxygens (including phenoxy) is 1. The summed E-state index contributed by atoms with van der Waals surface area (Å²) in [4.78, 5) is 7.75. The molecule has 3 rings (SSSR count). The quantitative estimate of drug-likeness (QED) is 0.714. The van der Waals surface area contributed by atoms with E-state index in [1.54, 1.807) is 0 Å². The van der Waals surface area contributed by atoms with Crippen LogP contribution in [0.3, 0.4) is 0 Å². The summed E-state index contributed by atoms with van der Waals surface area (Å²) in [5.41, 5.74) is 7.95. The molecule has 114 valence electrons. The molecule has 5 nitrogen and oxygen atoms in total. The number of hydrogen-bond acceptors (Lipinski definition) is 4. The van der Waals surface area contributed by atoms with Gasteiger partial charge in [-0.05, 0) is 44.2 Å². The highest BCUT2D eigenvalue weighted by Crippen LogP contribution is 2.19. The number of fused-ring (bicyclic) bond motifs is 1. The van der Waals surface area contributed by atoms with E-state index in [-0.39, 0.29) is 0 Å². The molecule has 1 aliphatic rings. The molecule has 0 radical (unpaired) electrons. The van der Waals surface area contributed by atoms with Crippen molar-refractivity contribution in [2.75, 3.05) is 18.5 Å². The highest BCUT2D eigenvalue weighted by Gasteiger charge is 2.18. The fourth-order valence-electron chi connectivity index (χ4n) is 2.82. The first kappa shape index (κ1) is 14.4. The van der Waals surface area contributed by atoms with Crippen LogP contribution in [0.5, 0.6) is 0 Å². The predicted octanol–water partition coefficient (Wildman–Crippen LogP) is 2.65. The van der Waals surface area contributed by atoms with Crippen molar-refractivity contribution in [1.29, 1.82) is 0 Å². The standard InChI is InChI=1S/C16H24N4O/c17-12-6-8-13(9-7-12)21-11-3-10-18-16-19-14-4-1-2-5-15(14)20-16/h1-2,4-5,12-13H,3,6-11,17H2,(H2,18,19,20). The molecule has 0 saturated heterocycles. The van der Waals surface area contributed by atoms with Gasteiger partial charge in [0.15, 0.2) is 0 Å². The van der Waals surface area contributed by atoms with E-state index < -0.39 is 0 Å². The maximum absolute atomic E-state index is 5.90. The van der Waals surface area contributed by atoms with Gasteiger partial charge in [0.05, 0.1) is 17.1 Å². The molecule has 4 N–H and O–H groups in total. The number of nitrogens with two attached hydrogens (primary N) is 1. The average molecular weight is 288 g/mol. The van der Waals surface area contributed by atoms with Gasteiger partial charge in [-0.3, -0.25) is 0 Å². The lowest BCUT2D eigenvalue weighted by Crippen LogP contribution is -2.30. The lowest BCUT2D eigenvalue weighted by molar-refractivity contribution is 0.0251. The second kappa shape index (κ2) is 6.91. The summed E-state index contributed by atoms with van der Waals surface area (Å²) in [5, 5.41) is 3.31. The molecule has 1 aromatic heterocycles. The molecule has 21 heavy (non-hydrogen) atoms. The van der Waals surface area contributed by atoms with Crippen molar-refractivity contribution in [2.24, 2.45) is 5.73 Å². The van der Waals surface area contributed by atoms with Crippen LogP contribution in [0.2, 0.25) is 0 Å². The number of H-pyrrole nitrogens is 1. The molecule has 1 aliphatic carbocycles. The van der Waals surface area contributed by atoms with Gasteiger partial charge in [0.2, 0.25) is 5.95 Å². The zero-order valence-electron chi connectivity index (χ0n) is 12.3. The van der Waals surface area contributed by atoms with E-state index in [0.29, 0.717) is 12.1 Å². The normalized spacial score (nSPS) is 22.5. The van der Waals surface area contributed by atoms with E-state index in [4.69, 9.17) is 10.5 Å². The topological polar surface area (TPSA) is 76.0 Å². The maximum Gasteiger partial charge on any atom is 0.201 e. The smallest absolute Gasteiger partial charge is 0.201 e. The van der Waals surface area contributed by atoms with Crippen LogP contribution in [0.15, 0.2) is 24.3 Å². The molecule has 2 aromatic rings. The SMILES string of the molecule is NC1CCC(OCCCNc2nc3ccccc3[nH]2)CC1. The number of benzene rings is 1. The molecular weight excluding hydrogens is 264 g/mol. The summed E-state index contributed by atoms with van der Waals surface area (Å²) in [7, 11) is 0. The third-order valence-corrected chi connectivity index (χ3v) is 4.08. The van der Waals surface area contributed by atoms with Crippen LogP contribution < -0.4 is 11.1 Å². The predicted molar refractivity (Wildman–Crippen MR) is 85.4 cm³/mol. The van der Waals surface area contributed by atoms with Gasteiger partial charge in [-0.1, -0.05) is 12.1 Å². The van der Waals surface area contributed by atoms with Crippen LogP contribution in [0.1, 0.15) is 32.1 Å². The van der Waals surface area contributed by atoms with Gasteiger partial charge in [-0.25, -0.2) is 4.98 Å². The van der Waals surface area contributed by atoms with Crippen LogP contribution in [-0.4, -0.2) is 35.3 Å². The monoisotopic (exact) mass is 288 g/mol. The number of imidazole rings is 1. The Morgan fingerprint density at radius 3 is 2.86 bits per heavy atom. The molecular formula is C16H24N4O. The van der Waals surface area contributed by atoms with E-state index in [9.17, 15) is 0 Å². The van der Waals surface area contributed by atoms with Crippen molar-refractivity contribution in [2.45, 2.75) is 44.2 Å². The van der Waals surface area contributed by atoms with Crippen molar-refractivity contribution >= 4 is 17.0 Å². The van der Waals surface area contributed by atoms with Gasteiger partial charge in [0.25, 0.3) is 0 Å². The third kappa shape index (κ3) is 3.95. The minimum absolute atomic E-state index is 0.389. The Labute approximate surface area is 125 Å². The van der Waals surface area contributed by atoms with Gasteiger partial charge in [-0.15, -0.1) is 0 Å². The Morgan fingerprint density at radius 2 is 2.05 bits per heavy atom. The molecule has 1 fully saturated rings. The van der Waals surface area contributed by atoms with E-state index in [1.165, 1.54) is 0 Å². The van der Waals surface area contributed by atoms with Gasteiger partial charge in [0.1, 0.15) is 0 Å². The van der Waals surface area contributed by atoms with Crippen LogP contribution >= 0.6 is 0 Å². The number of nitrogens with one attached hydrogen (secondary N) is 2. The van der Waals surface area contributed by atoms with E-state index in [1.807, 2.05) is 24.3 Å². The zero-order chi connectivity index (χ0) is 14.5. The number of hydrogen-bond donors (Lipinski definition) is 3. The highest BCUT2D eigenvalue weighted by atomic mass is 16.5. The molecule has 0 amide bonds. The van der Waals surface area contributed by atoms with E-state index in [2.05, 4.69) is 15.3 Å². The Bertz CT molecular complexity index is 527. The number of anilines is 1. The Kier molecular flexibility index (Phi) is 4.72. The van der Waals surface area contributed by atoms with Crippen LogP contribution in [0.4, 0.5) is 5.95 Å².